The molecule has 4 rings (SSSR count). The van der Waals surface area contributed by atoms with E-state index in [1.54, 1.807) is 35.9 Å². The minimum absolute atomic E-state index is 0.189. The van der Waals surface area contributed by atoms with Crippen molar-refractivity contribution in [2.24, 2.45) is 5.92 Å². The number of ether oxygens (including phenoxy) is 2. The first-order valence-electron chi connectivity index (χ1n) is 15.7. The number of aliphatic hydroxyl groups excluding tert-OH is 1. The summed E-state index contributed by atoms with van der Waals surface area (Å²) in [5, 5.41) is 15.1. The van der Waals surface area contributed by atoms with Gasteiger partial charge in [-0.2, -0.15) is 0 Å². The van der Waals surface area contributed by atoms with E-state index in [0.29, 0.717) is 24.5 Å². The van der Waals surface area contributed by atoms with Gasteiger partial charge in [-0.15, -0.1) is 0 Å². The van der Waals surface area contributed by atoms with Crippen molar-refractivity contribution in [1.82, 2.24) is 9.80 Å². The molecule has 0 saturated carbocycles. The van der Waals surface area contributed by atoms with E-state index in [1.807, 2.05) is 56.3 Å². The molecule has 4 atom stereocenters. The second-order valence-electron chi connectivity index (χ2n) is 12.2. The van der Waals surface area contributed by atoms with Crippen LogP contribution in [0.4, 0.5) is 16.2 Å². The van der Waals surface area contributed by atoms with Gasteiger partial charge in [-0.05, 0) is 62.8 Å². The molecular formula is C34H46N4O7S. The zero-order valence-electron chi connectivity index (χ0n) is 27.2. The average molecular weight is 655 g/mol. The molecule has 11 nitrogen and oxygen atoms in total. The molecule has 0 aliphatic carbocycles. The second-order valence-corrected chi connectivity index (χ2v) is 14.0. The lowest BCUT2D eigenvalue weighted by atomic mass is 10.0. The van der Waals surface area contributed by atoms with Crippen LogP contribution < -0.4 is 14.8 Å². The van der Waals surface area contributed by atoms with Crippen LogP contribution in [0.25, 0.3) is 10.8 Å². The molecule has 12 heteroatoms. The van der Waals surface area contributed by atoms with Crippen molar-refractivity contribution >= 4 is 44.1 Å². The van der Waals surface area contributed by atoms with Crippen molar-refractivity contribution in [3.05, 3.63) is 66.2 Å². The van der Waals surface area contributed by atoms with Gasteiger partial charge in [-0.3, -0.25) is 9.52 Å². The molecule has 0 fully saturated rings. The fourth-order valence-corrected chi connectivity index (χ4v) is 6.12. The molecule has 0 bridgehead atoms. The molecule has 1 aliphatic heterocycles. The van der Waals surface area contributed by atoms with E-state index in [1.165, 1.54) is 6.07 Å². The maximum Gasteiger partial charge on any atom is 0.321 e. The molecular weight excluding hydrogens is 608 g/mol. The number of aliphatic hydroxyl groups is 1. The molecule has 0 saturated heterocycles. The Balaban J connectivity index is 1.60. The topological polar surface area (TPSA) is 138 Å². The third-order valence-electron chi connectivity index (χ3n) is 8.19. The Morgan fingerprint density at radius 3 is 2.59 bits per heavy atom. The van der Waals surface area contributed by atoms with E-state index in [0.717, 1.165) is 29.9 Å². The van der Waals surface area contributed by atoms with Crippen LogP contribution in [0.5, 0.6) is 5.75 Å². The van der Waals surface area contributed by atoms with Gasteiger partial charge in [0.1, 0.15) is 5.75 Å². The minimum atomic E-state index is -3.59. The van der Waals surface area contributed by atoms with Crippen LogP contribution in [0.15, 0.2) is 60.7 Å². The number of carbonyl (C=O) groups excluding carboxylic acids is 2. The standard InChI is InChI=1S/C34H46N4O7S/c1-23-20-38(24(2)22-39)33(40)29-19-27(36-46(5,42)43)16-17-31(29)45-25(3)11-8-9-18-44-32(23)21-37(4)34(41)35-30-15-10-13-26-12-6-7-14-28(26)30/h6-7,10,12-17,19,23-25,32,36,39H,8-9,11,18,20-22H2,1-5H3,(H,35,41)/t23-,24+,25+,32+/m0/s1. The summed E-state index contributed by atoms with van der Waals surface area (Å²) in [6, 6.07) is 17.4. The summed E-state index contributed by atoms with van der Waals surface area (Å²) in [7, 11) is -1.88. The van der Waals surface area contributed by atoms with E-state index in [-0.39, 0.29) is 49.0 Å². The second kappa shape index (κ2) is 15.6. The number of anilines is 2. The number of benzene rings is 3. The summed E-state index contributed by atoms with van der Waals surface area (Å²) in [6.45, 7) is 6.29. The fraction of sp³-hybridized carbons (Fsp3) is 0.471. The van der Waals surface area contributed by atoms with Crippen molar-refractivity contribution in [3.63, 3.8) is 0 Å². The molecule has 0 unspecified atom stereocenters. The summed E-state index contributed by atoms with van der Waals surface area (Å²) >= 11 is 0. The molecule has 1 aliphatic rings. The first-order valence-corrected chi connectivity index (χ1v) is 17.6. The number of carbonyl (C=O) groups is 2. The summed E-state index contributed by atoms with van der Waals surface area (Å²) in [4.78, 5) is 30.7. The van der Waals surface area contributed by atoms with Crippen molar-refractivity contribution in [2.75, 3.05) is 49.6 Å². The third kappa shape index (κ3) is 9.34. The maximum absolute atomic E-state index is 14.2. The van der Waals surface area contributed by atoms with Crippen LogP contribution in [0.2, 0.25) is 0 Å². The van der Waals surface area contributed by atoms with Gasteiger partial charge in [0.05, 0.1) is 42.4 Å². The lowest BCUT2D eigenvalue weighted by molar-refractivity contribution is -0.0115. The Labute approximate surface area is 271 Å². The van der Waals surface area contributed by atoms with Gasteiger partial charge >= 0.3 is 6.03 Å². The van der Waals surface area contributed by atoms with Crippen molar-refractivity contribution in [2.45, 2.75) is 58.3 Å². The average Bonchev–Trinajstić information content (AvgIpc) is 3.01. The molecule has 3 amide bonds. The molecule has 3 N–H and O–H groups in total. The van der Waals surface area contributed by atoms with Crippen LogP contribution in [0, 0.1) is 5.92 Å². The number of rotatable bonds is 7. The number of nitrogens with zero attached hydrogens (tertiary/aromatic N) is 2. The highest BCUT2D eigenvalue weighted by Gasteiger charge is 2.31. The van der Waals surface area contributed by atoms with Crippen LogP contribution in [-0.4, -0.2) is 93.1 Å². The summed E-state index contributed by atoms with van der Waals surface area (Å²) in [5.74, 6) is -0.311. The Bertz CT molecular complexity index is 1610. The Kier molecular flexibility index (Phi) is 11.9. The first-order chi connectivity index (χ1) is 21.9. The predicted octanol–water partition coefficient (Wildman–Crippen LogP) is 5.17. The highest BCUT2D eigenvalue weighted by atomic mass is 32.2. The lowest BCUT2D eigenvalue weighted by Gasteiger charge is -2.35. The van der Waals surface area contributed by atoms with Crippen LogP contribution in [-0.2, 0) is 14.8 Å². The van der Waals surface area contributed by atoms with Crippen molar-refractivity contribution < 1.29 is 32.6 Å². The van der Waals surface area contributed by atoms with E-state index < -0.39 is 28.1 Å². The van der Waals surface area contributed by atoms with E-state index in [2.05, 4.69) is 10.0 Å². The fourth-order valence-electron chi connectivity index (χ4n) is 5.56. The van der Waals surface area contributed by atoms with Gasteiger partial charge in [0, 0.05) is 43.7 Å². The minimum Gasteiger partial charge on any atom is -0.490 e. The molecule has 46 heavy (non-hydrogen) atoms. The van der Waals surface area contributed by atoms with Gasteiger partial charge in [-0.1, -0.05) is 43.3 Å². The zero-order valence-corrected chi connectivity index (χ0v) is 28.0. The quantitative estimate of drug-likeness (QED) is 0.320. The number of sulfonamides is 1. The lowest BCUT2D eigenvalue weighted by Crippen LogP contribution is -2.48. The monoisotopic (exact) mass is 654 g/mol. The first kappa shape index (κ1) is 35.0. The Morgan fingerprint density at radius 2 is 1.85 bits per heavy atom. The number of nitrogens with one attached hydrogen (secondary N) is 2. The van der Waals surface area contributed by atoms with E-state index in [9.17, 15) is 23.1 Å². The molecule has 0 aromatic heterocycles. The van der Waals surface area contributed by atoms with Crippen LogP contribution in [0.3, 0.4) is 0 Å². The summed E-state index contributed by atoms with van der Waals surface area (Å²) < 4.78 is 38.9. The predicted molar refractivity (Wildman–Crippen MR) is 181 cm³/mol. The van der Waals surface area contributed by atoms with Gasteiger partial charge in [-0.25, -0.2) is 13.2 Å². The number of hydrogen-bond acceptors (Lipinski definition) is 7. The largest absolute Gasteiger partial charge is 0.490 e. The van der Waals surface area contributed by atoms with Gasteiger partial charge in [0.2, 0.25) is 10.0 Å². The molecule has 250 valence electrons. The van der Waals surface area contributed by atoms with Gasteiger partial charge in [0.15, 0.2) is 0 Å². The Hall–Kier alpha value is -3.87. The molecule has 1 heterocycles. The molecule has 3 aromatic rings. The molecule has 0 spiro atoms. The molecule has 3 aromatic carbocycles. The highest BCUT2D eigenvalue weighted by Crippen LogP contribution is 2.29. The number of likely N-dealkylation sites (N-methyl/N-ethyl adjacent to an activating group) is 1. The Morgan fingerprint density at radius 1 is 1.11 bits per heavy atom. The number of hydrogen-bond donors (Lipinski definition) is 3. The van der Waals surface area contributed by atoms with E-state index in [4.69, 9.17) is 9.47 Å². The number of fused-ring (bicyclic) bond motifs is 2. The smallest absolute Gasteiger partial charge is 0.321 e. The number of amides is 3. The third-order valence-corrected chi connectivity index (χ3v) is 8.79. The van der Waals surface area contributed by atoms with Crippen molar-refractivity contribution in [3.8, 4) is 5.75 Å². The van der Waals surface area contributed by atoms with Crippen LogP contribution >= 0.6 is 0 Å². The summed E-state index contributed by atoms with van der Waals surface area (Å²) in [6.07, 6.45) is 2.72. The normalized spacial score (nSPS) is 20.6. The number of urea groups is 1. The maximum atomic E-state index is 14.2. The SMILES string of the molecule is C[C@@H]1CCCCO[C@H](CN(C)C(=O)Nc2cccc3ccccc23)[C@@H](C)CN([C@H](C)CO)C(=O)c2cc(NS(C)(=O)=O)ccc2O1. The van der Waals surface area contributed by atoms with Gasteiger partial charge < -0.3 is 29.7 Å². The molecule has 0 radical (unpaired) electrons. The zero-order chi connectivity index (χ0) is 33.4. The summed E-state index contributed by atoms with van der Waals surface area (Å²) in [5.41, 5.74) is 1.13. The van der Waals surface area contributed by atoms with Crippen molar-refractivity contribution in [1.29, 1.82) is 0 Å². The van der Waals surface area contributed by atoms with Crippen LogP contribution in [0.1, 0.15) is 50.4 Å². The van der Waals surface area contributed by atoms with E-state index >= 15 is 0 Å². The van der Waals surface area contributed by atoms with Gasteiger partial charge in [0.25, 0.3) is 5.91 Å². The highest BCUT2D eigenvalue weighted by molar-refractivity contribution is 7.92.